The molecule has 2 nitrogen and oxygen atoms in total. The Morgan fingerprint density at radius 1 is 0.769 bits per heavy atom. The van der Waals surface area contributed by atoms with Gasteiger partial charge in [-0.05, 0) is 57.1 Å². The molecule has 0 amide bonds. The number of hydrogen-bond acceptors (Lipinski definition) is 2. The van der Waals surface area contributed by atoms with Gasteiger partial charge in [-0.15, -0.1) is 0 Å². The predicted octanol–water partition coefficient (Wildman–Crippen LogP) is 5.28. The maximum atomic E-state index is 10.8. The SMILES string of the molecule is OCc1cc2ccccc2c(-c2ccc3c(c2)-c2ccccc2C3)c1O. The summed E-state index contributed by atoms with van der Waals surface area (Å²) in [4.78, 5) is 0. The third-order valence-electron chi connectivity index (χ3n) is 5.36. The quantitative estimate of drug-likeness (QED) is 0.460. The van der Waals surface area contributed by atoms with Gasteiger partial charge in [0.15, 0.2) is 0 Å². The zero-order valence-corrected chi connectivity index (χ0v) is 14.2. The second-order valence-corrected chi connectivity index (χ2v) is 6.84. The molecule has 5 rings (SSSR count). The van der Waals surface area contributed by atoms with Gasteiger partial charge in [0.25, 0.3) is 0 Å². The summed E-state index contributed by atoms with van der Waals surface area (Å²) in [6.45, 7) is -0.183. The number of rotatable bonds is 2. The van der Waals surface area contributed by atoms with Crippen LogP contribution in [0.3, 0.4) is 0 Å². The molecule has 2 N–H and O–H groups in total. The van der Waals surface area contributed by atoms with Crippen molar-refractivity contribution in [2.24, 2.45) is 0 Å². The molecule has 0 aromatic heterocycles. The largest absolute Gasteiger partial charge is 0.507 e. The fraction of sp³-hybridized carbons (Fsp3) is 0.0833. The van der Waals surface area contributed by atoms with E-state index in [1.54, 1.807) is 0 Å². The maximum absolute atomic E-state index is 10.8. The summed E-state index contributed by atoms with van der Waals surface area (Å²) in [7, 11) is 0. The number of phenols is 1. The van der Waals surface area contributed by atoms with E-state index in [1.165, 1.54) is 22.3 Å². The summed E-state index contributed by atoms with van der Waals surface area (Å²) >= 11 is 0. The lowest BCUT2D eigenvalue weighted by molar-refractivity contribution is 0.276. The highest BCUT2D eigenvalue weighted by Gasteiger charge is 2.20. The Kier molecular flexibility index (Phi) is 3.34. The molecular weight excluding hydrogens is 320 g/mol. The van der Waals surface area contributed by atoms with Crippen molar-refractivity contribution in [1.82, 2.24) is 0 Å². The third-order valence-corrected chi connectivity index (χ3v) is 5.36. The molecule has 0 fully saturated rings. The molecule has 26 heavy (non-hydrogen) atoms. The monoisotopic (exact) mass is 338 g/mol. The molecule has 0 heterocycles. The van der Waals surface area contributed by atoms with Crippen molar-refractivity contribution in [3.05, 3.63) is 89.5 Å². The normalized spacial score (nSPS) is 12.2. The van der Waals surface area contributed by atoms with Crippen molar-refractivity contribution in [1.29, 1.82) is 0 Å². The summed E-state index contributed by atoms with van der Waals surface area (Å²) in [6, 6.07) is 24.7. The van der Waals surface area contributed by atoms with E-state index in [9.17, 15) is 10.2 Å². The van der Waals surface area contributed by atoms with Crippen molar-refractivity contribution in [2.75, 3.05) is 0 Å². The van der Waals surface area contributed by atoms with Gasteiger partial charge >= 0.3 is 0 Å². The Bertz CT molecular complexity index is 1160. The average Bonchev–Trinajstić information content (AvgIpc) is 3.05. The van der Waals surface area contributed by atoms with Gasteiger partial charge in [0, 0.05) is 11.1 Å². The first-order chi connectivity index (χ1) is 12.8. The Labute approximate surface area is 152 Å². The molecule has 2 heteroatoms. The minimum absolute atomic E-state index is 0.164. The Morgan fingerprint density at radius 2 is 1.54 bits per heavy atom. The second kappa shape index (κ2) is 5.72. The van der Waals surface area contributed by atoms with Crippen LogP contribution in [0, 0.1) is 0 Å². The van der Waals surface area contributed by atoms with E-state index in [0.29, 0.717) is 5.56 Å². The number of aliphatic hydroxyl groups excluding tert-OH is 1. The fourth-order valence-electron chi connectivity index (χ4n) is 4.09. The molecule has 1 aliphatic rings. The number of aliphatic hydroxyl groups is 1. The van der Waals surface area contributed by atoms with E-state index in [-0.39, 0.29) is 12.4 Å². The molecule has 1 aliphatic carbocycles. The minimum atomic E-state index is -0.183. The van der Waals surface area contributed by atoms with E-state index >= 15 is 0 Å². The number of aromatic hydroxyl groups is 1. The summed E-state index contributed by atoms with van der Waals surface area (Å²) in [5.41, 5.74) is 7.49. The van der Waals surface area contributed by atoms with Crippen molar-refractivity contribution < 1.29 is 10.2 Å². The zero-order chi connectivity index (χ0) is 17.7. The van der Waals surface area contributed by atoms with Gasteiger partial charge in [0.2, 0.25) is 0 Å². The molecule has 0 radical (unpaired) electrons. The average molecular weight is 338 g/mol. The highest BCUT2D eigenvalue weighted by Crippen LogP contribution is 2.43. The smallest absolute Gasteiger partial charge is 0.129 e. The summed E-state index contributed by atoms with van der Waals surface area (Å²) in [5, 5.41) is 22.5. The fourth-order valence-corrected chi connectivity index (χ4v) is 4.09. The minimum Gasteiger partial charge on any atom is -0.507 e. The van der Waals surface area contributed by atoms with Crippen LogP contribution in [0.4, 0.5) is 0 Å². The third kappa shape index (κ3) is 2.16. The molecule has 4 aromatic carbocycles. The van der Waals surface area contributed by atoms with Crippen molar-refractivity contribution in [2.45, 2.75) is 13.0 Å². The topological polar surface area (TPSA) is 40.5 Å². The van der Waals surface area contributed by atoms with Gasteiger partial charge in [-0.2, -0.15) is 0 Å². The first-order valence-corrected chi connectivity index (χ1v) is 8.82. The van der Waals surface area contributed by atoms with Crippen LogP contribution in [0.25, 0.3) is 33.0 Å². The van der Waals surface area contributed by atoms with Crippen molar-refractivity contribution in [3.8, 4) is 28.0 Å². The Hall–Kier alpha value is -3.10. The van der Waals surface area contributed by atoms with Crippen LogP contribution in [0.2, 0.25) is 0 Å². The zero-order valence-electron chi connectivity index (χ0n) is 14.2. The second-order valence-electron chi connectivity index (χ2n) is 6.84. The molecule has 0 saturated carbocycles. The maximum Gasteiger partial charge on any atom is 0.129 e. The number of benzene rings is 4. The van der Waals surface area contributed by atoms with Crippen molar-refractivity contribution >= 4 is 10.8 Å². The molecule has 126 valence electrons. The molecule has 0 atom stereocenters. The van der Waals surface area contributed by atoms with E-state index in [1.807, 2.05) is 30.3 Å². The lowest BCUT2D eigenvalue weighted by Crippen LogP contribution is -1.91. The van der Waals surface area contributed by atoms with Crippen LogP contribution in [-0.4, -0.2) is 10.2 Å². The van der Waals surface area contributed by atoms with Crippen LogP contribution >= 0.6 is 0 Å². The van der Waals surface area contributed by atoms with E-state index in [4.69, 9.17) is 0 Å². The van der Waals surface area contributed by atoms with Gasteiger partial charge in [0.1, 0.15) is 5.75 Å². The predicted molar refractivity (Wildman–Crippen MR) is 105 cm³/mol. The van der Waals surface area contributed by atoms with Crippen LogP contribution in [0.5, 0.6) is 5.75 Å². The van der Waals surface area contributed by atoms with E-state index in [0.717, 1.165) is 28.3 Å². The molecule has 4 aromatic rings. The molecular formula is C24H18O2. The lowest BCUT2D eigenvalue weighted by Gasteiger charge is -2.14. The summed E-state index contributed by atoms with van der Waals surface area (Å²) in [5.74, 6) is 0.164. The van der Waals surface area contributed by atoms with Crippen LogP contribution in [-0.2, 0) is 13.0 Å². The van der Waals surface area contributed by atoms with Crippen LogP contribution in [0.1, 0.15) is 16.7 Å². The number of hydrogen-bond donors (Lipinski definition) is 2. The lowest BCUT2D eigenvalue weighted by atomic mass is 9.92. The molecule has 0 unspecified atom stereocenters. The van der Waals surface area contributed by atoms with Gasteiger partial charge in [-0.3, -0.25) is 0 Å². The van der Waals surface area contributed by atoms with Gasteiger partial charge in [-0.1, -0.05) is 60.7 Å². The highest BCUT2D eigenvalue weighted by atomic mass is 16.3. The molecule has 0 bridgehead atoms. The highest BCUT2D eigenvalue weighted by molar-refractivity contribution is 6.01. The number of fused-ring (bicyclic) bond motifs is 4. The van der Waals surface area contributed by atoms with Crippen LogP contribution < -0.4 is 0 Å². The van der Waals surface area contributed by atoms with Crippen LogP contribution in [0.15, 0.2) is 72.8 Å². The molecule has 0 spiro atoms. The summed E-state index contributed by atoms with van der Waals surface area (Å²) < 4.78 is 0. The van der Waals surface area contributed by atoms with Crippen molar-refractivity contribution in [3.63, 3.8) is 0 Å². The van der Waals surface area contributed by atoms with E-state index < -0.39 is 0 Å². The van der Waals surface area contributed by atoms with E-state index in [2.05, 4.69) is 42.5 Å². The molecule has 0 aliphatic heterocycles. The standard InChI is InChI=1S/C24H18O2/c25-14-19-12-16-6-2-4-8-21(16)23(24(19)26)18-10-9-17-11-15-5-1-3-7-20(15)22(17)13-18/h1-10,12-13,25-26H,11,14H2. The molecule has 0 saturated heterocycles. The first kappa shape index (κ1) is 15.2. The van der Waals surface area contributed by atoms with Gasteiger partial charge < -0.3 is 10.2 Å². The van der Waals surface area contributed by atoms with Gasteiger partial charge in [-0.25, -0.2) is 0 Å². The van der Waals surface area contributed by atoms with Gasteiger partial charge in [0.05, 0.1) is 6.61 Å². The first-order valence-electron chi connectivity index (χ1n) is 8.82. The Balaban J connectivity index is 1.79. The summed E-state index contributed by atoms with van der Waals surface area (Å²) in [6.07, 6.45) is 0.954. The Morgan fingerprint density at radius 3 is 2.42 bits per heavy atom.